The van der Waals surface area contributed by atoms with Crippen LogP contribution in [-0.2, 0) is 6.54 Å². The summed E-state index contributed by atoms with van der Waals surface area (Å²) >= 11 is 0. The largest absolute Gasteiger partial charge is 0.454 e. The number of hydrogen-bond acceptors (Lipinski definition) is 9. The first-order valence-electron chi connectivity index (χ1n) is 10.7. The Morgan fingerprint density at radius 2 is 1.79 bits per heavy atom. The van der Waals surface area contributed by atoms with E-state index in [2.05, 4.69) is 14.9 Å². The lowest BCUT2D eigenvalue weighted by Crippen LogP contribution is -2.46. The second kappa shape index (κ2) is 8.91. The van der Waals surface area contributed by atoms with Crippen LogP contribution >= 0.6 is 0 Å². The molecule has 10 nitrogen and oxygen atoms in total. The molecule has 3 heterocycles. The molecular formula is C23H23N5O5. The van der Waals surface area contributed by atoms with Crippen LogP contribution in [0.1, 0.15) is 11.1 Å². The lowest BCUT2D eigenvalue weighted by Gasteiger charge is -2.35. The summed E-state index contributed by atoms with van der Waals surface area (Å²) in [7, 11) is 0. The molecule has 2 aliphatic heterocycles. The van der Waals surface area contributed by atoms with Crippen molar-refractivity contribution in [2.24, 2.45) is 0 Å². The zero-order chi connectivity index (χ0) is 22.8. The fourth-order valence-electron chi connectivity index (χ4n) is 3.95. The van der Waals surface area contributed by atoms with Gasteiger partial charge >= 0.3 is 11.6 Å². The fraction of sp³-hybridized carbons (Fsp3) is 0.304. The van der Waals surface area contributed by atoms with Crippen molar-refractivity contribution < 1.29 is 19.1 Å². The molecule has 0 spiro atoms. The van der Waals surface area contributed by atoms with Crippen LogP contribution in [-0.4, -0.2) is 52.8 Å². The number of nitro groups is 1. The SMILES string of the molecule is Cc1ccc(Oc2ncnc(N3CCN(Cc4ccc5c(c4)OCO5)CC3)c2[N+](=O)[O-])cc1. The molecule has 10 heteroatoms. The van der Waals surface area contributed by atoms with E-state index in [1.54, 1.807) is 12.1 Å². The van der Waals surface area contributed by atoms with Crippen LogP contribution in [0.2, 0.25) is 0 Å². The van der Waals surface area contributed by atoms with Gasteiger partial charge in [0.05, 0.1) is 4.92 Å². The summed E-state index contributed by atoms with van der Waals surface area (Å²) in [5.41, 5.74) is 1.98. The van der Waals surface area contributed by atoms with Gasteiger partial charge in [-0.3, -0.25) is 15.0 Å². The average Bonchev–Trinajstić information content (AvgIpc) is 3.29. The van der Waals surface area contributed by atoms with Crippen LogP contribution in [0.3, 0.4) is 0 Å². The third-order valence-corrected chi connectivity index (χ3v) is 5.70. The number of nitrogens with zero attached hydrogens (tertiary/aromatic N) is 5. The number of hydrogen-bond donors (Lipinski definition) is 0. The molecule has 0 unspecified atom stereocenters. The molecule has 170 valence electrons. The fourth-order valence-corrected chi connectivity index (χ4v) is 3.95. The number of anilines is 1. The van der Waals surface area contributed by atoms with Crippen LogP contribution < -0.4 is 19.1 Å². The quantitative estimate of drug-likeness (QED) is 0.413. The van der Waals surface area contributed by atoms with Gasteiger partial charge in [-0.15, -0.1) is 0 Å². The third-order valence-electron chi connectivity index (χ3n) is 5.70. The predicted octanol–water partition coefficient (Wildman–Crippen LogP) is 3.54. The van der Waals surface area contributed by atoms with E-state index >= 15 is 0 Å². The molecule has 0 bridgehead atoms. The lowest BCUT2D eigenvalue weighted by molar-refractivity contribution is -0.385. The summed E-state index contributed by atoms with van der Waals surface area (Å²) < 4.78 is 16.6. The zero-order valence-electron chi connectivity index (χ0n) is 18.1. The monoisotopic (exact) mass is 449 g/mol. The van der Waals surface area contributed by atoms with Gasteiger partial charge in [-0.2, -0.15) is 4.98 Å². The Hall–Kier alpha value is -3.92. The van der Waals surface area contributed by atoms with Gasteiger partial charge in [-0.1, -0.05) is 23.8 Å². The summed E-state index contributed by atoms with van der Waals surface area (Å²) in [4.78, 5) is 23.9. The molecule has 1 fully saturated rings. The van der Waals surface area contributed by atoms with Crippen molar-refractivity contribution >= 4 is 11.5 Å². The van der Waals surface area contributed by atoms with Gasteiger partial charge in [0.2, 0.25) is 12.6 Å². The summed E-state index contributed by atoms with van der Waals surface area (Å²) in [6, 6.07) is 13.2. The molecule has 2 aromatic carbocycles. The Balaban J connectivity index is 1.28. The van der Waals surface area contributed by atoms with E-state index < -0.39 is 4.92 Å². The van der Waals surface area contributed by atoms with E-state index in [1.165, 1.54) is 6.33 Å². The smallest absolute Gasteiger partial charge is 0.373 e. The first-order valence-corrected chi connectivity index (χ1v) is 10.7. The molecule has 0 amide bonds. The number of aromatic nitrogens is 2. The summed E-state index contributed by atoms with van der Waals surface area (Å²) in [5.74, 6) is 2.24. The zero-order valence-corrected chi connectivity index (χ0v) is 18.1. The van der Waals surface area contributed by atoms with Crippen molar-refractivity contribution in [3.05, 3.63) is 70.0 Å². The summed E-state index contributed by atoms with van der Waals surface area (Å²) in [5, 5.41) is 11.9. The Kier molecular flexibility index (Phi) is 5.66. The van der Waals surface area contributed by atoms with Crippen molar-refractivity contribution in [1.29, 1.82) is 0 Å². The Morgan fingerprint density at radius 1 is 1.03 bits per heavy atom. The van der Waals surface area contributed by atoms with E-state index in [9.17, 15) is 10.1 Å². The highest BCUT2D eigenvalue weighted by molar-refractivity contribution is 5.63. The standard InChI is InChI=1S/C23H23N5O5/c1-16-2-5-18(6-3-16)33-23-21(28(29)30)22(24-14-25-23)27-10-8-26(9-11-27)13-17-4-7-19-20(12-17)32-15-31-19/h2-7,12,14H,8-11,13,15H2,1H3. The lowest BCUT2D eigenvalue weighted by atomic mass is 10.1. The normalized spacial score (nSPS) is 15.5. The number of rotatable bonds is 6. The topological polar surface area (TPSA) is 103 Å². The molecule has 33 heavy (non-hydrogen) atoms. The second-order valence-electron chi connectivity index (χ2n) is 7.97. The minimum absolute atomic E-state index is 0.0587. The molecule has 5 rings (SSSR count). The van der Waals surface area contributed by atoms with Crippen LogP contribution in [0.15, 0.2) is 48.8 Å². The minimum atomic E-state index is -0.474. The number of piperazine rings is 1. The Morgan fingerprint density at radius 3 is 2.55 bits per heavy atom. The van der Waals surface area contributed by atoms with Crippen molar-refractivity contribution in [2.75, 3.05) is 37.9 Å². The predicted molar refractivity (Wildman–Crippen MR) is 120 cm³/mol. The molecule has 1 saturated heterocycles. The van der Waals surface area contributed by atoms with E-state index in [4.69, 9.17) is 14.2 Å². The van der Waals surface area contributed by atoms with Gasteiger partial charge in [0.1, 0.15) is 12.1 Å². The summed E-state index contributed by atoms with van der Waals surface area (Å²) in [6.45, 7) is 5.66. The highest BCUT2D eigenvalue weighted by atomic mass is 16.7. The van der Waals surface area contributed by atoms with Gasteiger partial charge in [-0.25, -0.2) is 4.98 Å². The van der Waals surface area contributed by atoms with Crippen molar-refractivity contribution in [2.45, 2.75) is 13.5 Å². The highest BCUT2D eigenvalue weighted by Gasteiger charge is 2.30. The molecule has 0 aliphatic carbocycles. The maximum atomic E-state index is 11.9. The van der Waals surface area contributed by atoms with Crippen LogP contribution in [0.4, 0.5) is 11.5 Å². The minimum Gasteiger partial charge on any atom is -0.454 e. The highest BCUT2D eigenvalue weighted by Crippen LogP contribution is 2.37. The molecule has 0 radical (unpaired) electrons. The maximum absolute atomic E-state index is 11.9. The third kappa shape index (κ3) is 4.51. The molecule has 1 aromatic heterocycles. The van der Waals surface area contributed by atoms with E-state index in [0.717, 1.165) is 42.3 Å². The van der Waals surface area contributed by atoms with Gasteiger partial charge in [0.15, 0.2) is 11.5 Å². The Bertz CT molecular complexity index is 1160. The number of ether oxygens (including phenoxy) is 3. The number of fused-ring (bicyclic) bond motifs is 1. The maximum Gasteiger partial charge on any atom is 0.373 e. The molecule has 0 N–H and O–H groups in total. The molecule has 0 saturated carbocycles. The molecule has 0 atom stereocenters. The summed E-state index contributed by atoms with van der Waals surface area (Å²) in [6.07, 6.45) is 1.31. The van der Waals surface area contributed by atoms with Crippen molar-refractivity contribution in [3.8, 4) is 23.1 Å². The van der Waals surface area contributed by atoms with E-state index in [-0.39, 0.29) is 24.2 Å². The van der Waals surface area contributed by atoms with Crippen LogP contribution in [0.5, 0.6) is 23.1 Å². The first kappa shape index (κ1) is 21.0. The number of benzene rings is 2. The van der Waals surface area contributed by atoms with Gasteiger partial charge in [0.25, 0.3) is 0 Å². The van der Waals surface area contributed by atoms with Crippen LogP contribution in [0, 0.1) is 17.0 Å². The van der Waals surface area contributed by atoms with Crippen LogP contribution in [0.25, 0.3) is 0 Å². The number of aryl methyl sites for hydroxylation is 1. The molecule has 2 aliphatic rings. The van der Waals surface area contributed by atoms with Gasteiger partial charge < -0.3 is 19.1 Å². The molecule has 3 aromatic rings. The van der Waals surface area contributed by atoms with E-state index in [1.807, 2.05) is 42.2 Å². The Labute approximate surface area is 190 Å². The first-order chi connectivity index (χ1) is 16.1. The van der Waals surface area contributed by atoms with Gasteiger partial charge in [0, 0.05) is 32.7 Å². The average molecular weight is 449 g/mol. The van der Waals surface area contributed by atoms with Crippen molar-refractivity contribution in [1.82, 2.24) is 14.9 Å². The second-order valence-corrected chi connectivity index (χ2v) is 7.97. The van der Waals surface area contributed by atoms with Crippen molar-refractivity contribution in [3.63, 3.8) is 0 Å². The van der Waals surface area contributed by atoms with E-state index in [0.29, 0.717) is 18.8 Å². The van der Waals surface area contributed by atoms with Gasteiger partial charge in [-0.05, 0) is 36.8 Å². The molecular weight excluding hydrogens is 426 g/mol.